The van der Waals surface area contributed by atoms with E-state index in [2.05, 4.69) is 0 Å². The summed E-state index contributed by atoms with van der Waals surface area (Å²) in [6.07, 6.45) is -16.5. The fourth-order valence-electron chi connectivity index (χ4n) is 6.06. The van der Waals surface area contributed by atoms with E-state index in [4.69, 9.17) is 37.9 Å². The molecule has 2 aromatic carbocycles. The van der Waals surface area contributed by atoms with Crippen molar-refractivity contribution >= 4 is 24.0 Å². The molecule has 10 atom stereocenters. The summed E-state index contributed by atoms with van der Waals surface area (Å²) >= 11 is 0. The van der Waals surface area contributed by atoms with Gasteiger partial charge in [0, 0.05) is 23.8 Å². The summed E-state index contributed by atoms with van der Waals surface area (Å²) in [5.74, 6) is -5.37. The number of esters is 2. The maximum Gasteiger partial charge on any atom is 0.330 e. The van der Waals surface area contributed by atoms with Crippen LogP contribution in [0, 0.1) is 0 Å². The molecule has 0 unspecified atom stereocenters. The number of aromatic hydroxyl groups is 3. The number of benzene rings is 3. The standard InChI is InChI=1S/C39H38O21/c40-18-5-3-17(4-6-18)37-25(58-39-36(53)34(51)32(49)27(60-39)15-55-30(47)13-28(44)45)12-20-22(42)10-19(11-24(20)57-37)56-38-35(52)33(50)31(48)26(59-38)14-54-29(46)8-2-16-1-7-21(41)23(43)9-16/h1-12,26-27,31-36,38-41,43,48-53H,13-15H2,(H,44,45)/t26-,27-,31-,32-,33+,34+,35-,36-,38-,39-/m1/s1. The molecule has 10 N–H and O–H groups in total. The zero-order chi connectivity index (χ0) is 43.4. The van der Waals surface area contributed by atoms with Gasteiger partial charge in [0.15, 0.2) is 28.4 Å². The summed E-state index contributed by atoms with van der Waals surface area (Å²) in [5, 5.41) is 101. The number of phenols is 3. The minimum atomic E-state index is -1.93. The summed E-state index contributed by atoms with van der Waals surface area (Å²) in [5.41, 5.74) is -0.371. The lowest BCUT2D eigenvalue weighted by molar-refractivity contribution is -0.278. The van der Waals surface area contributed by atoms with Crippen molar-refractivity contribution in [3.05, 3.63) is 82.5 Å². The van der Waals surface area contributed by atoms with Crippen LogP contribution in [0.3, 0.4) is 0 Å². The van der Waals surface area contributed by atoms with Crippen molar-refractivity contribution in [2.45, 2.75) is 67.8 Å². The Hall–Kier alpha value is -6.30. The molecule has 0 amide bonds. The molecule has 0 bridgehead atoms. The van der Waals surface area contributed by atoms with Crippen molar-refractivity contribution in [2.75, 3.05) is 13.2 Å². The van der Waals surface area contributed by atoms with Crippen LogP contribution in [0.1, 0.15) is 12.0 Å². The molecular formula is C39H38O21. The van der Waals surface area contributed by atoms with Crippen LogP contribution < -0.4 is 14.9 Å². The number of rotatable bonds is 13. The van der Waals surface area contributed by atoms with Crippen molar-refractivity contribution in [3.63, 3.8) is 0 Å². The number of aliphatic carboxylic acids is 1. The van der Waals surface area contributed by atoms with Gasteiger partial charge >= 0.3 is 17.9 Å². The number of carbonyl (C=O) groups is 3. The molecule has 320 valence electrons. The second kappa shape index (κ2) is 18.3. The van der Waals surface area contributed by atoms with Crippen LogP contribution in [0.15, 0.2) is 76.0 Å². The van der Waals surface area contributed by atoms with E-state index in [1.165, 1.54) is 60.7 Å². The zero-order valence-corrected chi connectivity index (χ0v) is 30.8. The van der Waals surface area contributed by atoms with Crippen LogP contribution >= 0.6 is 0 Å². The third-order valence-corrected chi connectivity index (χ3v) is 9.26. The number of aliphatic hydroxyl groups is 6. The predicted molar refractivity (Wildman–Crippen MR) is 196 cm³/mol. The van der Waals surface area contributed by atoms with Gasteiger partial charge in [0.05, 0.1) is 5.56 Å². The first kappa shape index (κ1) is 43.3. The quantitative estimate of drug-likeness (QED) is 0.0340. The van der Waals surface area contributed by atoms with Gasteiger partial charge < -0.3 is 83.9 Å². The minimum absolute atomic E-state index is 0.138. The Morgan fingerprint density at radius 1 is 0.683 bits per heavy atom. The monoisotopic (exact) mass is 842 g/mol. The first-order valence-corrected chi connectivity index (χ1v) is 17.9. The molecule has 3 aliphatic heterocycles. The van der Waals surface area contributed by atoms with Gasteiger partial charge in [-0.2, -0.15) is 0 Å². The fraction of sp³-hybridized carbons (Fsp3) is 0.333. The number of carboxylic acid groups (broad SMARTS) is 1. The summed E-state index contributed by atoms with van der Waals surface area (Å²) in [4.78, 5) is 48.5. The summed E-state index contributed by atoms with van der Waals surface area (Å²) in [7, 11) is 0. The van der Waals surface area contributed by atoms with E-state index >= 15 is 0 Å². The Morgan fingerprint density at radius 2 is 1.30 bits per heavy atom. The molecule has 21 heteroatoms. The van der Waals surface area contributed by atoms with Crippen molar-refractivity contribution < 1.29 is 98.3 Å². The Kier molecular flexibility index (Phi) is 13.2. The lowest BCUT2D eigenvalue weighted by Crippen LogP contribution is -2.60. The molecule has 60 heavy (non-hydrogen) atoms. The van der Waals surface area contributed by atoms with Gasteiger partial charge in [0.1, 0.15) is 85.7 Å². The van der Waals surface area contributed by atoms with Gasteiger partial charge in [0.25, 0.3) is 0 Å². The van der Waals surface area contributed by atoms with Gasteiger partial charge in [-0.25, -0.2) is 4.79 Å². The number of hydrogen-bond acceptors (Lipinski definition) is 20. The van der Waals surface area contributed by atoms with E-state index in [9.17, 15) is 65.1 Å². The van der Waals surface area contributed by atoms with Crippen molar-refractivity contribution in [2.24, 2.45) is 0 Å². The fourth-order valence-corrected chi connectivity index (χ4v) is 6.06. The number of carboxylic acids is 1. The average Bonchev–Trinajstić information content (AvgIpc) is 3.20. The molecule has 2 fully saturated rings. The number of aliphatic hydroxyl groups excluding tert-OH is 6. The molecule has 2 aromatic rings. The molecule has 2 saturated heterocycles. The van der Waals surface area contributed by atoms with Crippen molar-refractivity contribution in [1.29, 1.82) is 0 Å². The summed E-state index contributed by atoms with van der Waals surface area (Å²) < 4.78 is 38.8. The van der Waals surface area contributed by atoms with Crippen LogP contribution in [0.2, 0.25) is 0 Å². The highest BCUT2D eigenvalue weighted by Crippen LogP contribution is 2.40. The highest BCUT2D eigenvalue weighted by Gasteiger charge is 2.47. The van der Waals surface area contributed by atoms with Gasteiger partial charge in [-0.05, 0) is 54.1 Å². The van der Waals surface area contributed by atoms with Crippen LogP contribution in [-0.2, 0) is 33.3 Å². The Labute approximate surface area is 337 Å². The smallest absolute Gasteiger partial charge is 0.330 e. The van der Waals surface area contributed by atoms with E-state index in [0.717, 1.165) is 12.1 Å². The van der Waals surface area contributed by atoms with E-state index in [-0.39, 0.29) is 45.6 Å². The highest BCUT2D eigenvalue weighted by molar-refractivity contribution is 5.90. The second-order valence-corrected chi connectivity index (χ2v) is 13.6. The lowest BCUT2D eigenvalue weighted by Gasteiger charge is -2.40. The molecule has 0 spiro atoms. The predicted octanol–water partition coefficient (Wildman–Crippen LogP) is -0.824. The molecule has 21 nitrogen and oxygen atoms in total. The molecule has 1 aliphatic carbocycles. The van der Waals surface area contributed by atoms with Gasteiger partial charge in [-0.3, -0.25) is 14.4 Å². The largest absolute Gasteiger partial charge is 0.508 e. The molecule has 6 rings (SSSR count). The number of hydrogen-bond donors (Lipinski definition) is 10. The summed E-state index contributed by atoms with van der Waals surface area (Å²) in [6, 6.07) is 12.5. The van der Waals surface area contributed by atoms with Crippen molar-refractivity contribution in [1.82, 2.24) is 0 Å². The molecule has 0 radical (unpaired) electrons. The van der Waals surface area contributed by atoms with Gasteiger partial charge in [-0.1, -0.05) is 6.07 Å². The third kappa shape index (κ3) is 9.93. The van der Waals surface area contributed by atoms with Gasteiger partial charge in [-0.15, -0.1) is 0 Å². The zero-order valence-electron chi connectivity index (χ0n) is 30.8. The van der Waals surface area contributed by atoms with Crippen LogP contribution in [0.25, 0.3) is 28.7 Å². The van der Waals surface area contributed by atoms with Crippen LogP contribution in [-0.4, -0.2) is 144 Å². The Balaban J connectivity index is 1.22. The van der Waals surface area contributed by atoms with Gasteiger partial charge in [0.2, 0.25) is 12.6 Å². The first-order valence-electron chi connectivity index (χ1n) is 17.9. The van der Waals surface area contributed by atoms with Crippen LogP contribution in [0.5, 0.6) is 28.7 Å². The minimum Gasteiger partial charge on any atom is -0.508 e. The number of phenolic OH excluding ortho intramolecular Hbond substituents is 3. The molecule has 4 aliphatic rings. The second-order valence-electron chi connectivity index (χ2n) is 13.6. The number of ether oxygens (including phenoxy) is 6. The Morgan fingerprint density at radius 3 is 1.92 bits per heavy atom. The number of fused-ring (bicyclic) bond motifs is 1. The first-order chi connectivity index (χ1) is 28.5. The number of carbonyl (C=O) groups excluding carboxylic acids is 2. The molecule has 0 aromatic heterocycles. The van der Waals surface area contributed by atoms with E-state index < -0.39 is 110 Å². The summed E-state index contributed by atoms with van der Waals surface area (Å²) in [6.45, 7) is -1.38. The maximum absolute atomic E-state index is 13.5. The van der Waals surface area contributed by atoms with Crippen LogP contribution in [0.4, 0.5) is 0 Å². The maximum atomic E-state index is 13.5. The molecule has 0 saturated carbocycles. The van der Waals surface area contributed by atoms with E-state index in [1.54, 1.807) is 0 Å². The van der Waals surface area contributed by atoms with Crippen molar-refractivity contribution in [3.8, 4) is 51.4 Å². The molecular weight excluding hydrogens is 804 g/mol. The highest BCUT2D eigenvalue weighted by atomic mass is 16.7. The topological polar surface area (TPSA) is 339 Å². The normalized spacial score (nSPS) is 26.7. The Bertz CT molecular complexity index is 2240. The lowest BCUT2D eigenvalue weighted by atomic mass is 9.99. The molecule has 3 heterocycles. The third-order valence-electron chi connectivity index (χ3n) is 9.26. The van der Waals surface area contributed by atoms with E-state index in [1.807, 2.05) is 0 Å². The van der Waals surface area contributed by atoms with E-state index in [0.29, 0.717) is 5.56 Å². The average molecular weight is 843 g/mol. The SMILES string of the molecule is O=C(O)CC(=O)OC[C@H]1O[C@@H](Oc2cc3c(=O)cc(O[C@@H]4O[C@H](COC(=O)C=Cc5ccc(O)c(O)c5)[C@@H](O)[C@H](O)[C@H]4O)cc-3oc2-c2ccc(O)cc2)[C@H](O)[C@@H](O)[C@@H]1O.